The Hall–Kier alpha value is -1.53. The number of hydrogen-bond acceptors (Lipinski definition) is 5. The van der Waals surface area contributed by atoms with Crippen LogP contribution in [0.15, 0.2) is 34.1 Å². The Balaban J connectivity index is 2.14. The van der Waals surface area contributed by atoms with Gasteiger partial charge in [-0.05, 0) is 40.2 Å². The van der Waals surface area contributed by atoms with Crippen LogP contribution in [0.5, 0.6) is 0 Å². The Bertz CT molecular complexity index is 625. The van der Waals surface area contributed by atoms with Gasteiger partial charge in [0, 0.05) is 34.5 Å². The largest absolute Gasteiger partial charge is 0.456 e. The van der Waals surface area contributed by atoms with Gasteiger partial charge in [-0.25, -0.2) is 4.79 Å². The summed E-state index contributed by atoms with van der Waals surface area (Å²) in [7, 11) is 3.75. The van der Waals surface area contributed by atoms with Crippen molar-refractivity contribution in [2.75, 3.05) is 24.7 Å². The van der Waals surface area contributed by atoms with Crippen LogP contribution < -0.4 is 10.6 Å². The van der Waals surface area contributed by atoms with Gasteiger partial charge in [-0.1, -0.05) is 0 Å². The molecule has 20 heavy (non-hydrogen) atoms. The highest BCUT2D eigenvalue weighted by Crippen LogP contribution is 2.24. The number of esters is 1. The smallest absolute Gasteiger partial charge is 0.340 e. The summed E-state index contributed by atoms with van der Waals surface area (Å²) < 4.78 is 6.33. The van der Waals surface area contributed by atoms with Crippen LogP contribution in [-0.2, 0) is 11.3 Å². The monoisotopic (exact) mass is 354 g/mol. The molecule has 0 fully saturated rings. The molecule has 106 valence electrons. The second-order valence-corrected chi connectivity index (χ2v) is 6.39. The number of halogens is 1. The van der Waals surface area contributed by atoms with Crippen molar-refractivity contribution in [1.29, 1.82) is 0 Å². The molecule has 0 bridgehead atoms. The summed E-state index contributed by atoms with van der Waals surface area (Å²) >= 11 is 4.91. The van der Waals surface area contributed by atoms with Crippen molar-refractivity contribution in [1.82, 2.24) is 0 Å². The molecule has 6 heteroatoms. The van der Waals surface area contributed by atoms with E-state index in [2.05, 4.69) is 15.9 Å². The number of nitrogen functional groups attached to an aromatic ring is 1. The first-order valence-electron chi connectivity index (χ1n) is 5.94. The number of rotatable bonds is 4. The van der Waals surface area contributed by atoms with E-state index in [1.54, 1.807) is 23.5 Å². The van der Waals surface area contributed by atoms with Gasteiger partial charge in [-0.15, -0.1) is 11.3 Å². The van der Waals surface area contributed by atoms with E-state index in [-0.39, 0.29) is 12.6 Å². The topological polar surface area (TPSA) is 55.6 Å². The van der Waals surface area contributed by atoms with E-state index in [4.69, 9.17) is 10.5 Å². The molecule has 1 aromatic heterocycles. The number of ether oxygens (including phenoxy) is 1. The second-order valence-electron chi connectivity index (χ2n) is 4.48. The molecule has 0 aliphatic rings. The molecule has 0 radical (unpaired) electrons. The van der Waals surface area contributed by atoms with Gasteiger partial charge in [0.2, 0.25) is 0 Å². The molecule has 0 spiro atoms. The fraction of sp³-hybridized carbons (Fsp3) is 0.214. The van der Waals surface area contributed by atoms with Gasteiger partial charge < -0.3 is 15.4 Å². The van der Waals surface area contributed by atoms with Gasteiger partial charge in [0.25, 0.3) is 0 Å². The summed E-state index contributed by atoms with van der Waals surface area (Å²) in [5, 5.41) is 1.95. The Morgan fingerprint density at radius 3 is 2.75 bits per heavy atom. The van der Waals surface area contributed by atoms with E-state index < -0.39 is 0 Å². The number of nitrogens with two attached hydrogens (primary N) is 1. The molecule has 4 nitrogen and oxygen atoms in total. The van der Waals surface area contributed by atoms with E-state index in [9.17, 15) is 4.79 Å². The average molecular weight is 355 g/mol. The van der Waals surface area contributed by atoms with Crippen molar-refractivity contribution in [3.8, 4) is 0 Å². The second kappa shape index (κ2) is 6.28. The summed E-state index contributed by atoms with van der Waals surface area (Å²) in [6.45, 7) is 0.261. The zero-order valence-electron chi connectivity index (χ0n) is 11.2. The Morgan fingerprint density at radius 1 is 1.40 bits per heavy atom. The normalized spacial score (nSPS) is 10.3. The lowest BCUT2D eigenvalue weighted by Crippen LogP contribution is -2.15. The van der Waals surface area contributed by atoms with Gasteiger partial charge in [-0.2, -0.15) is 0 Å². The van der Waals surface area contributed by atoms with Crippen LogP contribution in [0.4, 0.5) is 11.4 Å². The maximum absolute atomic E-state index is 12.2. The van der Waals surface area contributed by atoms with Crippen molar-refractivity contribution in [3.63, 3.8) is 0 Å². The Kier molecular flexibility index (Phi) is 4.67. The number of anilines is 2. The molecule has 0 unspecified atom stereocenters. The number of carbonyl (C=O) groups is 1. The van der Waals surface area contributed by atoms with Crippen LogP contribution >= 0.6 is 27.3 Å². The van der Waals surface area contributed by atoms with E-state index in [0.717, 1.165) is 15.0 Å². The van der Waals surface area contributed by atoms with Gasteiger partial charge in [0.15, 0.2) is 0 Å². The van der Waals surface area contributed by atoms with E-state index >= 15 is 0 Å². The zero-order chi connectivity index (χ0) is 14.7. The van der Waals surface area contributed by atoms with Crippen molar-refractivity contribution >= 4 is 44.6 Å². The molecule has 0 atom stereocenters. The van der Waals surface area contributed by atoms with Gasteiger partial charge in [0.05, 0.1) is 11.3 Å². The predicted octanol–water partition coefficient (Wildman–Crippen LogP) is 3.52. The maximum atomic E-state index is 12.2. The number of thiophene rings is 1. The van der Waals surface area contributed by atoms with Gasteiger partial charge >= 0.3 is 5.97 Å². The third-order valence-electron chi connectivity index (χ3n) is 2.69. The van der Waals surface area contributed by atoms with E-state index in [1.165, 1.54) is 0 Å². The Morgan fingerprint density at radius 2 is 2.15 bits per heavy atom. The van der Waals surface area contributed by atoms with E-state index in [0.29, 0.717) is 11.3 Å². The van der Waals surface area contributed by atoms with Crippen LogP contribution in [0, 0.1) is 0 Å². The first-order valence-corrected chi connectivity index (χ1v) is 7.61. The predicted molar refractivity (Wildman–Crippen MR) is 86.3 cm³/mol. The summed E-state index contributed by atoms with van der Waals surface area (Å²) in [6, 6.07) is 7.16. The quantitative estimate of drug-likeness (QED) is 0.674. The first-order chi connectivity index (χ1) is 9.47. The highest BCUT2D eigenvalue weighted by Gasteiger charge is 2.15. The fourth-order valence-electron chi connectivity index (χ4n) is 1.75. The molecule has 2 rings (SSSR count). The molecule has 0 saturated heterocycles. The minimum atomic E-state index is -0.370. The minimum Gasteiger partial charge on any atom is -0.456 e. The van der Waals surface area contributed by atoms with Crippen molar-refractivity contribution < 1.29 is 9.53 Å². The number of benzene rings is 1. The SMILES string of the molecule is CN(C)c1ccc(N)cc1C(=O)OCc1cc(Br)cs1. The zero-order valence-corrected chi connectivity index (χ0v) is 13.6. The van der Waals surface area contributed by atoms with Crippen LogP contribution in [-0.4, -0.2) is 20.1 Å². The van der Waals surface area contributed by atoms with Crippen molar-refractivity contribution in [2.24, 2.45) is 0 Å². The maximum Gasteiger partial charge on any atom is 0.340 e. The number of hydrogen-bond donors (Lipinski definition) is 1. The van der Waals surface area contributed by atoms with Crippen molar-refractivity contribution in [3.05, 3.63) is 44.6 Å². The van der Waals surface area contributed by atoms with Crippen LogP contribution in [0.2, 0.25) is 0 Å². The van der Waals surface area contributed by atoms with Crippen molar-refractivity contribution in [2.45, 2.75) is 6.61 Å². The minimum absolute atomic E-state index is 0.261. The third kappa shape index (κ3) is 3.52. The van der Waals surface area contributed by atoms with Gasteiger partial charge in [0.1, 0.15) is 6.61 Å². The van der Waals surface area contributed by atoms with Crippen LogP contribution in [0.1, 0.15) is 15.2 Å². The molecule has 0 amide bonds. The Labute approximate surface area is 130 Å². The lowest BCUT2D eigenvalue weighted by Gasteiger charge is -2.17. The fourth-order valence-corrected chi connectivity index (χ4v) is 3.11. The van der Waals surface area contributed by atoms with E-state index in [1.807, 2.05) is 36.5 Å². The molecule has 2 aromatic rings. The molecule has 1 heterocycles. The molecule has 0 aliphatic heterocycles. The number of carbonyl (C=O) groups excluding carboxylic acids is 1. The summed E-state index contributed by atoms with van der Waals surface area (Å²) in [4.78, 5) is 15.0. The lowest BCUT2D eigenvalue weighted by atomic mass is 10.1. The lowest BCUT2D eigenvalue weighted by molar-refractivity contribution is 0.0477. The van der Waals surface area contributed by atoms with Gasteiger partial charge in [-0.3, -0.25) is 0 Å². The number of nitrogens with zero attached hydrogens (tertiary/aromatic N) is 1. The summed E-state index contributed by atoms with van der Waals surface area (Å²) in [5.74, 6) is -0.370. The van der Waals surface area contributed by atoms with Crippen LogP contribution in [0.3, 0.4) is 0 Å². The summed E-state index contributed by atoms with van der Waals surface area (Å²) in [5.41, 5.74) is 7.55. The summed E-state index contributed by atoms with van der Waals surface area (Å²) in [6.07, 6.45) is 0. The standard InChI is InChI=1S/C14H15BrN2O2S/c1-17(2)13-4-3-10(16)6-12(13)14(18)19-7-11-5-9(15)8-20-11/h3-6,8H,7,16H2,1-2H3. The molecule has 0 saturated carbocycles. The highest BCUT2D eigenvalue weighted by atomic mass is 79.9. The molecule has 0 aliphatic carbocycles. The molecular weight excluding hydrogens is 340 g/mol. The molecular formula is C14H15BrN2O2S. The highest BCUT2D eigenvalue weighted by molar-refractivity contribution is 9.10. The third-order valence-corrected chi connectivity index (χ3v) is 4.36. The first kappa shape index (κ1) is 14.9. The molecule has 1 aromatic carbocycles. The van der Waals surface area contributed by atoms with Crippen LogP contribution in [0.25, 0.3) is 0 Å². The molecule has 2 N–H and O–H groups in total. The average Bonchev–Trinajstić information content (AvgIpc) is 2.81.